The van der Waals surface area contributed by atoms with Crippen LogP contribution in [0.1, 0.15) is 67.1 Å². The summed E-state index contributed by atoms with van der Waals surface area (Å²) in [6.07, 6.45) is 11.6. The van der Waals surface area contributed by atoms with Gasteiger partial charge in [0, 0.05) is 29.6 Å². The molecule has 1 aliphatic carbocycles. The average Bonchev–Trinajstić information content (AvgIpc) is 3.50. The number of nitrogens with zero attached hydrogens (tertiary/aromatic N) is 4. The molecule has 1 N–H and O–H groups in total. The SMILES string of the molecule is CCC1CC(C=O)N(Cc2cccc(NC(=O)c3cnccn3)c2)N=C1c1ccc(OC)c(OC2CCCC2)c1. The molecule has 1 saturated carbocycles. The van der Waals surface area contributed by atoms with E-state index in [9.17, 15) is 9.59 Å². The number of ether oxygens (including phenoxy) is 2. The van der Waals surface area contributed by atoms with Crippen molar-refractivity contribution < 1.29 is 19.1 Å². The van der Waals surface area contributed by atoms with E-state index in [-0.39, 0.29) is 29.7 Å². The van der Waals surface area contributed by atoms with Crippen molar-refractivity contribution in [1.82, 2.24) is 15.0 Å². The minimum atomic E-state index is -0.348. The standard InChI is InChI=1S/C31H35N5O4/c1-3-22-16-25(20-37)36(19-21-7-6-8-24(15-21)34-31(38)27-18-32-13-14-33-27)35-30(22)23-11-12-28(39-2)29(17-23)40-26-9-4-5-10-26/h6-8,11-15,17-18,20,22,25-26H,3-5,9-10,16,19H2,1-2H3,(H,34,38). The lowest BCUT2D eigenvalue weighted by Gasteiger charge is -2.35. The number of carbonyl (C=O) groups is 2. The Hall–Kier alpha value is -4.27. The molecule has 0 radical (unpaired) electrons. The van der Waals surface area contributed by atoms with Gasteiger partial charge in [-0.15, -0.1) is 0 Å². The Morgan fingerprint density at radius 1 is 1.12 bits per heavy atom. The third kappa shape index (κ3) is 6.30. The molecule has 2 aliphatic rings. The van der Waals surface area contributed by atoms with E-state index in [1.807, 2.05) is 47.5 Å². The average molecular weight is 542 g/mol. The molecular formula is C31H35N5O4. The molecule has 9 heteroatoms. The zero-order chi connectivity index (χ0) is 27.9. The first-order chi connectivity index (χ1) is 19.6. The van der Waals surface area contributed by atoms with Crippen LogP contribution in [0, 0.1) is 5.92 Å². The monoisotopic (exact) mass is 541 g/mol. The highest BCUT2D eigenvalue weighted by atomic mass is 16.5. The summed E-state index contributed by atoms with van der Waals surface area (Å²) in [5, 5.41) is 9.75. The minimum Gasteiger partial charge on any atom is -0.493 e. The van der Waals surface area contributed by atoms with Crippen LogP contribution in [0.15, 0.2) is 66.2 Å². The number of hydrogen-bond donors (Lipinski definition) is 1. The molecule has 9 nitrogen and oxygen atoms in total. The van der Waals surface area contributed by atoms with Crippen LogP contribution in [0.2, 0.25) is 0 Å². The van der Waals surface area contributed by atoms with Crippen molar-refractivity contribution in [2.75, 3.05) is 12.4 Å². The number of amides is 1. The summed E-state index contributed by atoms with van der Waals surface area (Å²) in [5.41, 5.74) is 3.70. The van der Waals surface area contributed by atoms with Gasteiger partial charge in [-0.3, -0.25) is 14.8 Å². The fraction of sp³-hybridized carbons (Fsp3) is 0.387. The summed E-state index contributed by atoms with van der Waals surface area (Å²) in [5.74, 6) is 1.25. The second-order valence-electron chi connectivity index (χ2n) is 10.3. The van der Waals surface area contributed by atoms with E-state index in [1.54, 1.807) is 7.11 Å². The maximum absolute atomic E-state index is 12.6. The van der Waals surface area contributed by atoms with Crippen LogP contribution in [0.25, 0.3) is 0 Å². The normalized spacial score (nSPS) is 19.1. The maximum atomic E-state index is 12.6. The fourth-order valence-corrected chi connectivity index (χ4v) is 5.41. The van der Waals surface area contributed by atoms with Gasteiger partial charge in [0.25, 0.3) is 5.91 Å². The largest absolute Gasteiger partial charge is 0.493 e. The van der Waals surface area contributed by atoms with E-state index in [2.05, 4.69) is 22.2 Å². The van der Waals surface area contributed by atoms with Gasteiger partial charge < -0.3 is 19.6 Å². The third-order valence-electron chi connectivity index (χ3n) is 7.56. The van der Waals surface area contributed by atoms with Gasteiger partial charge in [0.15, 0.2) is 11.5 Å². The van der Waals surface area contributed by atoms with Gasteiger partial charge in [0.05, 0.1) is 31.7 Å². The number of hydrogen-bond acceptors (Lipinski definition) is 8. The Bertz CT molecular complexity index is 1360. The first kappa shape index (κ1) is 27.3. The van der Waals surface area contributed by atoms with Gasteiger partial charge in [0.2, 0.25) is 0 Å². The molecule has 2 unspecified atom stereocenters. The summed E-state index contributed by atoms with van der Waals surface area (Å²) in [6, 6.07) is 13.2. The third-order valence-corrected chi connectivity index (χ3v) is 7.56. The van der Waals surface area contributed by atoms with Gasteiger partial charge >= 0.3 is 0 Å². The molecule has 3 aromatic rings. The summed E-state index contributed by atoms with van der Waals surface area (Å²) < 4.78 is 11.9. The van der Waals surface area contributed by atoms with E-state index >= 15 is 0 Å². The van der Waals surface area contributed by atoms with Crippen molar-refractivity contribution in [3.8, 4) is 11.5 Å². The number of aldehydes is 1. The predicted molar refractivity (Wildman–Crippen MR) is 153 cm³/mol. The van der Waals surface area contributed by atoms with E-state index in [0.29, 0.717) is 24.4 Å². The molecule has 0 spiro atoms. The Morgan fingerprint density at radius 3 is 2.70 bits per heavy atom. The summed E-state index contributed by atoms with van der Waals surface area (Å²) in [7, 11) is 1.66. The Kier molecular flexibility index (Phi) is 8.68. The van der Waals surface area contributed by atoms with Gasteiger partial charge in [-0.1, -0.05) is 19.1 Å². The number of benzene rings is 2. The molecule has 1 fully saturated rings. The highest BCUT2D eigenvalue weighted by Crippen LogP contribution is 2.35. The van der Waals surface area contributed by atoms with Crippen LogP contribution in [0.4, 0.5) is 5.69 Å². The number of aromatic nitrogens is 2. The van der Waals surface area contributed by atoms with Gasteiger partial charge in [-0.2, -0.15) is 5.10 Å². The maximum Gasteiger partial charge on any atom is 0.275 e. The zero-order valence-electron chi connectivity index (χ0n) is 23.0. The molecule has 5 rings (SSSR count). The molecule has 1 amide bonds. The number of hydrazone groups is 1. The van der Waals surface area contributed by atoms with E-state index in [4.69, 9.17) is 14.6 Å². The second-order valence-corrected chi connectivity index (χ2v) is 10.3. The Balaban J connectivity index is 1.39. The molecule has 40 heavy (non-hydrogen) atoms. The predicted octanol–water partition coefficient (Wildman–Crippen LogP) is 5.26. The molecule has 0 saturated heterocycles. The molecular weight excluding hydrogens is 506 g/mol. The van der Waals surface area contributed by atoms with Crippen LogP contribution in [-0.4, -0.2) is 52.1 Å². The van der Waals surface area contributed by atoms with Crippen LogP contribution in [-0.2, 0) is 11.3 Å². The second kappa shape index (κ2) is 12.7. The van der Waals surface area contributed by atoms with Crippen molar-refractivity contribution in [2.45, 2.75) is 64.1 Å². The Morgan fingerprint density at radius 2 is 1.98 bits per heavy atom. The summed E-state index contributed by atoms with van der Waals surface area (Å²) in [4.78, 5) is 32.7. The summed E-state index contributed by atoms with van der Waals surface area (Å²) >= 11 is 0. The number of carbonyl (C=O) groups excluding carboxylic acids is 2. The van der Waals surface area contributed by atoms with Crippen molar-refractivity contribution in [3.63, 3.8) is 0 Å². The molecule has 0 bridgehead atoms. The molecule has 208 valence electrons. The number of methoxy groups -OCH3 is 1. The van der Waals surface area contributed by atoms with E-state index < -0.39 is 0 Å². The van der Waals surface area contributed by atoms with Crippen LogP contribution in [0.3, 0.4) is 0 Å². The van der Waals surface area contributed by atoms with Crippen LogP contribution >= 0.6 is 0 Å². The molecule has 2 heterocycles. The smallest absolute Gasteiger partial charge is 0.275 e. The first-order valence-electron chi connectivity index (χ1n) is 13.9. The highest BCUT2D eigenvalue weighted by molar-refractivity contribution is 6.03. The number of rotatable bonds is 10. The van der Waals surface area contributed by atoms with E-state index in [1.165, 1.54) is 31.4 Å². The van der Waals surface area contributed by atoms with E-state index in [0.717, 1.165) is 48.1 Å². The summed E-state index contributed by atoms with van der Waals surface area (Å²) in [6.45, 7) is 2.54. The van der Waals surface area contributed by atoms with Crippen LogP contribution < -0.4 is 14.8 Å². The van der Waals surface area contributed by atoms with Gasteiger partial charge in [0.1, 0.15) is 18.0 Å². The highest BCUT2D eigenvalue weighted by Gasteiger charge is 2.31. The molecule has 1 aliphatic heterocycles. The van der Waals surface area contributed by atoms with Crippen molar-refractivity contribution in [1.29, 1.82) is 0 Å². The van der Waals surface area contributed by atoms with Crippen molar-refractivity contribution in [3.05, 3.63) is 77.9 Å². The van der Waals surface area contributed by atoms with Crippen molar-refractivity contribution >= 4 is 23.6 Å². The van der Waals surface area contributed by atoms with Crippen molar-refractivity contribution in [2.24, 2.45) is 11.0 Å². The quantitative estimate of drug-likeness (QED) is 0.349. The van der Waals surface area contributed by atoms with Crippen LogP contribution in [0.5, 0.6) is 11.5 Å². The lowest BCUT2D eigenvalue weighted by molar-refractivity contribution is -0.113. The van der Waals surface area contributed by atoms with Gasteiger partial charge in [-0.25, -0.2) is 4.98 Å². The first-order valence-corrected chi connectivity index (χ1v) is 13.9. The zero-order valence-corrected chi connectivity index (χ0v) is 23.0. The molecule has 1 aromatic heterocycles. The lowest BCUT2D eigenvalue weighted by atomic mass is 9.87. The number of nitrogens with one attached hydrogen (secondary N) is 1. The van der Waals surface area contributed by atoms with Gasteiger partial charge in [-0.05, 0) is 74.4 Å². The minimum absolute atomic E-state index is 0.136. The Labute approximate surface area is 234 Å². The molecule has 2 aromatic carbocycles. The topological polar surface area (TPSA) is 106 Å². The fourth-order valence-electron chi connectivity index (χ4n) is 5.41. The number of anilines is 1. The molecule has 2 atom stereocenters. The lowest BCUT2D eigenvalue weighted by Crippen LogP contribution is -2.41.